The van der Waals surface area contributed by atoms with Crippen molar-refractivity contribution in [3.05, 3.63) is 53.6 Å². The van der Waals surface area contributed by atoms with Gasteiger partial charge in [-0.3, -0.25) is 0 Å². The minimum atomic E-state index is -0.204. The number of rotatable bonds is 6. The maximum atomic E-state index is 12.1. The molecule has 0 fully saturated rings. The molecule has 2 aromatic rings. The van der Waals surface area contributed by atoms with E-state index in [1.165, 1.54) is 0 Å². The number of hydrogen-bond acceptors (Lipinski definition) is 3. The van der Waals surface area contributed by atoms with Crippen molar-refractivity contribution in [1.82, 2.24) is 4.90 Å². The smallest absolute Gasteiger partial charge is 0.321 e. The van der Waals surface area contributed by atoms with Gasteiger partial charge in [-0.1, -0.05) is 17.7 Å². The molecule has 0 aromatic heterocycles. The van der Waals surface area contributed by atoms with E-state index < -0.39 is 0 Å². The van der Waals surface area contributed by atoms with E-state index >= 15 is 0 Å². The van der Waals surface area contributed by atoms with Crippen LogP contribution in [0.4, 0.5) is 10.5 Å². The van der Waals surface area contributed by atoms with Gasteiger partial charge >= 0.3 is 6.03 Å². The number of nitrogens with one attached hydrogen (secondary N) is 1. The Kier molecular flexibility index (Phi) is 6.11. The van der Waals surface area contributed by atoms with E-state index in [4.69, 9.17) is 21.1 Å². The number of carbonyl (C=O) groups excluding carboxylic acids is 1. The van der Waals surface area contributed by atoms with Crippen LogP contribution >= 0.6 is 11.6 Å². The Labute approximate surface area is 140 Å². The molecule has 0 aliphatic carbocycles. The van der Waals surface area contributed by atoms with Crippen LogP contribution in [-0.2, 0) is 0 Å². The third kappa shape index (κ3) is 5.38. The summed E-state index contributed by atoms with van der Waals surface area (Å²) in [7, 11) is 3.31. The lowest BCUT2D eigenvalue weighted by atomic mass is 10.3. The summed E-state index contributed by atoms with van der Waals surface area (Å²) in [6.45, 7) is 0.835. The van der Waals surface area contributed by atoms with Crippen molar-refractivity contribution >= 4 is 23.3 Å². The zero-order valence-electron chi connectivity index (χ0n) is 13.1. The number of methoxy groups -OCH3 is 1. The van der Waals surface area contributed by atoms with Gasteiger partial charge in [-0.15, -0.1) is 0 Å². The predicted octanol–water partition coefficient (Wildman–Crippen LogP) is 3.89. The topological polar surface area (TPSA) is 50.8 Å². The van der Waals surface area contributed by atoms with Crippen molar-refractivity contribution in [2.75, 3.05) is 32.6 Å². The van der Waals surface area contributed by atoms with E-state index in [2.05, 4.69) is 5.32 Å². The van der Waals surface area contributed by atoms with E-state index in [-0.39, 0.29) is 6.03 Å². The molecule has 122 valence electrons. The Morgan fingerprint density at radius 3 is 2.57 bits per heavy atom. The zero-order chi connectivity index (χ0) is 16.7. The lowest BCUT2D eigenvalue weighted by molar-refractivity contribution is 0.207. The van der Waals surface area contributed by atoms with Crippen LogP contribution in [0.5, 0.6) is 11.5 Å². The maximum absolute atomic E-state index is 12.1. The number of halogens is 1. The summed E-state index contributed by atoms with van der Waals surface area (Å²) in [4.78, 5) is 13.6. The van der Waals surface area contributed by atoms with Crippen LogP contribution in [0.1, 0.15) is 0 Å². The van der Waals surface area contributed by atoms with Gasteiger partial charge in [0.2, 0.25) is 0 Å². The first-order chi connectivity index (χ1) is 11.1. The molecular formula is C17H19ClN2O3. The third-order valence-electron chi connectivity index (χ3n) is 3.18. The van der Waals surface area contributed by atoms with Crippen molar-refractivity contribution in [3.63, 3.8) is 0 Å². The van der Waals surface area contributed by atoms with Crippen molar-refractivity contribution in [1.29, 1.82) is 0 Å². The maximum Gasteiger partial charge on any atom is 0.321 e. The molecule has 0 heterocycles. The predicted molar refractivity (Wildman–Crippen MR) is 91.6 cm³/mol. The second kappa shape index (κ2) is 8.29. The molecular weight excluding hydrogens is 316 g/mol. The first-order valence-corrected chi connectivity index (χ1v) is 7.51. The van der Waals surface area contributed by atoms with Gasteiger partial charge < -0.3 is 19.7 Å². The molecule has 23 heavy (non-hydrogen) atoms. The number of amides is 2. The number of urea groups is 1. The highest BCUT2D eigenvalue weighted by molar-refractivity contribution is 6.30. The van der Waals surface area contributed by atoms with Gasteiger partial charge in [0.25, 0.3) is 0 Å². The Morgan fingerprint density at radius 2 is 1.91 bits per heavy atom. The largest absolute Gasteiger partial charge is 0.497 e. The molecule has 2 amide bonds. The van der Waals surface area contributed by atoms with Crippen LogP contribution in [-0.4, -0.2) is 38.2 Å². The van der Waals surface area contributed by atoms with Crippen molar-refractivity contribution in [3.8, 4) is 11.5 Å². The van der Waals surface area contributed by atoms with Crippen molar-refractivity contribution < 1.29 is 14.3 Å². The lowest BCUT2D eigenvalue weighted by Gasteiger charge is -2.18. The average Bonchev–Trinajstić information content (AvgIpc) is 2.55. The van der Waals surface area contributed by atoms with Crippen LogP contribution in [0.15, 0.2) is 48.5 Å². The molecule has 0 spiro atoms. The van der Waals surface area contributed by atoms with Gasteiger partial charge in [0.05, 0.1) is 13.7 Å². The van der Waals surface area contributed by atoms with Crippen LogP contribution < -0.4 is 14.8 Å². The van der Waals surface area contributed by atoms with Gasteiger partial charge in [0.1, 0.15) is 18.1 Å². The Balaban J connectivity index is 1.78. The molecule has 0 unspecified atom stereocenters. The average molecular weight is 335 g/mol. The number of nitrogens with zero attached hydrogens (tertiary/aromatic N) is 1. The van der Waals surface area contributed by atoms with Gasteiger partial charge in [0.15, 0.2) is 0 Å². The van der Waals surface area contributed by atoms with Crippen LogP contribution in [0.2, 0.25) is 5.02 Å². The van der Waals surface area contributed by atoms with E-state index in [1.807, 2.05) is 12.1 Å². The highest BCUT2D eigenvalue weighted by Gasteiger charge is 2.09. The zero-order valence-corrected chi connectivity index (χ0v) is 13.8. The lowest BCUT2D eigenvalue weighted by Crippen LogP contribution is -2.34. The van der Waals surface area contributed by atoms with E-state index in [0.29, 0.717) is 29.6 Å². The molecule has 0 aliphatic rings. The molecule has 1 N–H and O–H groups in total. The summed E-state index contributed by atoms with van der Waals surface area (Å²) in [5.74, 6) is 1.42. The molecule has 5 nitrogen and oxygen atoms in total. The summed E-state index contributed by atoms with van der Waals surface area (Å²) in [5, 5.41) is 3.42. The van der Waals surface area contributed by atoms with Gasteiger partial charge in [0, 0.05) is 17.8 Å². The SMILES string of the molecule is COc1ccc(NC(=O)N(C)CCOc2cccc(Cl)c2)cc1. The van der Waals surface area contributed by atoms with Crippen LogP contribution in [0.25, 0.3) is 0 Å². The monoisotopic (exact) mass is 334 g/mol. The van der Waals surface area contributed by atoms with Gasteiger partial charge in [-0.25, -0.2) is 4.79 Å². The second-order valence-corrected chi connectivity index (χ2v) is 5.32. The highest BCUT2D eigenvalue weighted by Crippen LogP contribution is 2.17. The van der Waals surface area contributed by atoms with Gasteiger partial charge in [-0.2, -0.15) is 0 Å². The minimum absolute atomic E-state index is 0.204. The molecule has 6 heteroatoms. The number of ether oxygens (including phenoxy) is 2. The van der Waals surface area contributed by atoms with Crippen molar-refractivity contribution in [2.45, 2.75) is 0 Å². The molecule has 2 rings (SSSR count). The summed E-state index contributed by atoms with van der Waals surface area (Å²) in [6.07, 6.45) is 0. The van der Waals surface area contributed by atoms with Crippen LogP contribution in [0.3, 0.4) is 0 Å². The standard InChI is InChI=1S/C17H19ClN2O3/c1-20(10-11-23-16-5-3-4-13(18)12-16)17(21)19-14-6-8-15(22-2)9-7-14/h3-9,12H,10-11H2,1-2H3,(H,19,21). The molecule has 0 saturated carbocycles. The fourth-order valence-electron chi connectivity index (χ4n) is 1.85. The second-order valence-electron chi connectivity index (χ2n) is 4.89. The van der Waals surface area contributed by atoms with E-state index in [0.717, 1.165) is 5.75 Å². The Morgan fingerprint density at radius 1 is 1.17 bits per heavy atom. The first kappa shape index (κ1) is 17.0. The molecule has 0 aliphatic heterocycles. The quantitative estimate of drug-likeness (QED) is 0.871. The van der Waals surface area contributed by atoms with Gasteiger partial charge in [-0.05, 0) is 42.5 Å². The van der Waals surface area contributed by atoms with Crippen molar-refractivity contribution in [2.24, 2.45) is 0 Å². The summed E-state index contributed by atoms with van der Waals surface area (Å²) < 4.78 is 10.6. The number of benzene rings is 2. The van der Waals surface area contributed by atoms with E-state index in [1.54, 1.807) is 55.5 Å². The highest BCUT2D eigenvalue weighted by atomic mass is 35.5. The van der Waals surface area contributed by atoms with E-state index in [9.17, 15) is 4.79 Å². The normalized spacial score (nSPS) is 10.0. The molecule has 2 aromatic carbocycles. The molecule has 0 radical (unpaired) electrons. The first-order valence-electron chi connectivity index (χ1n) is 7.13. The minimum Gasteiger partial charge on any atom is -0.497 e. The number of carbonyl (C=O) groups is 1. The summed E-state index contributed by atoms with van der Waals surface area (Å²) in [6, 6.07) is 14.1. The fourth-order valence-corrected chi connectivity index (χ4v) is 2.03. The number of hydrogen-bond donors (Lipinski definition) is 1. The molecule has 0 bridgehead atoms. The fraction of sp³-hybridized carbons (Fsp3) is 0.235. The molecule has 0 atom stereocenters. The number of likely N-dealkylation sites (N-methyl/N-ethyl adjacent to an activating group) is 1. The Hall–Kier alpha value is -2.40. The Bertz CT molecular complexity index is 647. The molecule has 0 saturated heterocycles. The number of anilines is 1. The van der Waals surface area contributed by atoms with Crippen LogP contribution in [0, 0.1) is 0 Å². The summed E-state index contributed by atoms with van der Waals surface area (Å²) in [5.41, 5.74) is 0.707. The summed E-state index contributed by atoms with van der Waals surface area (Å²) >= 11 is 5.89. The third-order valence-corrected chi connectivity index (χ3v) is 3.41.